The lowest BCUT2D eigenvalue weighted by atomic mass is 9.98. The number of hydrogen-bond donors (Lipinski definition) is 1. The lowest BCUT2D eigenvalue weighted by molar-refractivity contribution is -0.0560. The van der Waals surface area contributed by atoms with Crippen LogP contribution in [0, 0.1) is 0 Å². The second-order valence-electron chi connectivity index (χ2n) is 5.11. The summed E-state index contributed by atoms with van der Waals surface area (Å²) in [6.45, 7) is 3.61. The molecule has 2 atom stereocenters. The van der Waals surface area contributed by atoms with E-state index in [9.17, 15) is 0 Å². The lowest BCUT2D eigenvalue weighted by Crippen LogP contribution is -2.36. The Hall–Kier alpha value is -0.900. The average Bonchev–Trinajstić information content (AvgIpc) is 2.46. The molecule has 18 heavy (non-hydrogen) atoms. The van der Waals surface area contributed by atoms with E-state index >= 15 is 0 Å². The molecule has 0 aromatic heterocycles. The molecule has 0 amide bonds. The monoisotopic (exact) mass is 247 g/mol. The molecule has 1 fully saturated rings. The van der Waals surface area contributed by atoms with Crippen molar-refractivity contribution in [3.05, 3.63) is 35.4 Å². The summed E-state index contributed by atoms with van der Waals surface area (Å²) in [4.78, 5) is 0. The van der Waals surface area contributed by atoms with Gasteiger partial charge in [-0.05, 0) is 36.9 Å². The topological polar surface area (TPSA) is 30.5 Å². The Morgan fingerprint density at radius 2 is 2.28 bits per heavy atom. The highest BCUT2D eigenvalue weighted by atomic mass is 16.5. The molecule has 2 heterocycles. The van der Waals surface area contributed by atoms with Gasteiger partial charge in [0.15, 0.2) is 0 Å². The molecule has 0 saturated carbocycles. The second-order valence-corrected chi connectivity index (χ2v) is 5.11. The molecule has 2 aliphatic rings. The zero-order valence-corrected chi connectivity index (χ0v) is 10.7. The maximum atomic E-state index is 5.99. The van der Waals surface area contributed by atoms with Crippen molar-refractivity contribution in [2.45, 2.75) is 31.5 Å². The van der Waals surface area contributed by atoms with Crippen LogP contribution in [0.15, 0.2) is 24.3 Å². The van der Waals surface area contributed by atoms with Crippen LogP contribution >= 0.6 is 0 Å². The summed E-state index contributed by atoms with van der Waals surface area (Å²) in [5.41, 5.74) is 2.73. The van der Waals surface area contributed by atoms with Gasteiger partial charge in [-0.25, -0.2) is 0 Å². The molecule has 0 aliphatic carbocycles. The zero-order valence-electron chi connectivity index (χ0n) is 10.7. The van der Waals surface area contributed by atoms with Crippen molar-refractivity contribution in [1.82, 2.24) is 5.32 Å². The average molecular weight is 247 g/mol. The fourth-order valence-electron chi connectivity index (χ4n) is 2.80. The van der Waals surface area contributed by atoms with Gasteiger partial charge in [-0.1, -0.05) is 24.3 Å². The first-order valence-electron chi connectivity index (χ1n) is 6.95. The Kier molecular flexibility index (Phi) is 3.93. The molecule has 0 radical (unpaired) electrons. The molecule has 98 valence electrons. The number of hydrogen-bond acceptors (Lipinski definition) is 3. The Labute approximate surface area is 108 Å². The van der Waals surface area contributed by atoms with Crippen molar-refractivity contribution < 1.29 is 9.47 Å². The van der Waals surface area contributed by atoms with Gasteiger partial charge in [-0.3, -0.25) is 0 Å². The highest BCUT2D eigenvalue weighted by Gasteiger charge is 2.22. The van der Waals surface area contributed by atoms with Crippen LogP contribution in [0.3, 0.4) is 0 Å². The normalized spacial score (nSPS) is 27.8. The maximum Gasteiger partial charge on any atom is 0.106 e. The minimum absolute atomic E-state index is 0.122. The number of nitrogens with one attached hydrogen (secondary N) is 1. The standard InChI is InChI=1S/C15H21NO2/c1-2-6-14-12(4-1)7-9-17-15(14)11-18-13-5-3-8-16-10-13/h1-2,4,6,13,15-16H,3,5,7-11H2/t13-,15?/m0/s1. The number of rotatable bonds is 3. The first-order valence-corrected chi connectivity index (χ1v) is 6.95. The van der Waals surface area contributed by atoms with Crippen LogP contribution in [0.4, 0.5) is 0 Å². The SMILES string of the molecule is c1ccc2c(c1)CCOC2CO[C@H]1CCCNC1. The third-order valence-corrected chi connectivity index (χ3v) is 3.83. The predicted molar refractivity (Wildman–Crippen MR) is 70.7 cm³/mol. The third kappa shape index (κ3) is 2.74. The van der Waals surface area contributed by atoms with E-state index in [4.69, 9.17) is 9.47 Å². The van der Waals surface area contributed by atoms with Crippen molar-refractivity contribution in [3.63, 3.8) is 0 Å². The van der Waals surface area contributed by atoms with Crippen LogP contribution in [0.5, 0.6) is 0 Å². The molecule has 3 rings (SSSR count). The summed E-state index contributed by atoms with van der Waals surface area (Å²) < 4.78 is 11.8. The molecule has 1 saturated heterocycles. The number of piperidine rings is 1. The van der Waals surface area contributed by atoms with Gasteiger partial charge < -0.3 is 14.8 Å². The summed E-state index contributed by atoms with van der Waals surface area (Å²) in [5.74, 6) is 0. The largest absolute Gasteiger partial charge is 0.374 e. The zero-order chi connectivity index (χ0) is 12.2. The summed E-state index contributed by atoms with van der Waals surface area (Å²) >= 11 is 0. The Balaban J connectivity index is 1.60. The molecule has 2 aliphatic heterocycles. The van der Waals surface area contributed by atoms with Crippen molar-refractivity contribution in [3.8, 4) is 0 Å². The number of fused-ring (bicyclic) bond motifs is 1. The van der Waals surface area contributed by atoms with E-state index in [0.717, 1.165) is 26.1 Å². The lowest BCUT2D eigenvalue weighted by Gasteiger charge is -2.29. The molecule has 1 unspecified atom stereocenters. The van der Waals surface area contributed by atoms with Crippen LogP contribution in [-0.4, -0.2) is 32.4 Å². The van der Waals surface area contributed by atoms with Gasteiger partial charge >= 0.3 is 0 Å². The van der Waals surface area contributed by atoms with Crippen LogP contribution in [-0.2, 0) is 15.9 Å². The Bertz CT molecular complexity index is 388. The number of benzene rings is 1. The molecule has 0 spiro atoms. The molecule has 1 N–H and O–H groups in total. The van der Waals surface area contributed by atoms with Gasteiger partial charge in [0, 0.05) is 6.54 Å². The van der Waals surface area contributed by atoms with Gasteiger partial charge in [0.25, 0.3) is 0 Å². The van der Waals surface area contributed by atoms with Crippen LogP contribution in [0.1, 0.15) is 30.1 Å². The first-order chi connectivity index (χ1) is 8.93. The van der Waals surface area contributed by atoms with Crippen molar-refractivity contribution >= 4 is 0 Å². The summed E-state index contributed by atoms with van der Waals surface area (Å²) in [6.07, 6.45) is 3.89. The minimum atomic E-state index is 0.122. The van der Waals surface area contributed by atoms with Crippen LogP contribution in [0.2, 0.25) is 0 Å². The number of ether oxygens (including phenoxy) is 2. The molecule has 0 bridgehead atoms. The molecular weight excluding hydrogens is 226 g/mol. The fraction of sp³-hybridized carbons (Fsp3) is 0.600. The summed E-state index contributed by atoms with van der Waals surface area (Å²) in [7, 11) is 0. The highest BCUT2D eigenvalue weighted by Crippen LogP contribution is 2.27. The van der Waals surface area contributed by atoms with Gasteiger partial charge in [-0.15, -0.1) is 0 Å². The van der Waals surface area contributed by atoms with E-state index in [1.54, 1.807) is 0 Å². The second kappa shape index (κ2) is 5.83. The van der Waals surface area contributed by atoms with E-state index in [-0.39, 0.29) is 6.10 Å². The van der Waals surface area contributed by atoms with E-state index in [1.807, 2.05) is 0 Å². The molecular formula is C15H21NO2. The Morgan fingerprint density at radius 1 is 1.33 bits per heavy atom. The van der Waals surface area contributed by atoms with E-state index < -0.39 is 0 Å². The van der Waals surface area contributed by atoms with Crippen molar-refractivity contribution in [1.29, 1.82) is 0 Å². The van der Waals surface area contributed by atoms with E-state index in [0.29, 0.717) is 12.7 Å². The minimum Gasteiger partial charge on any atom is -0.374 e. The van der Waals surface area contributed by atoms with Gasteiger partial charge in [0.05, 0.1) is 19.3 Å². The van der Waals surface area contributed by atoms with E-state index in [2.05, 4.69) is 29.6 Å². The fourth-order valence-corrected chi connectivity index (χ4v) is 2.80. The summed E-state index contributed by atoms with van der Waals surface area (Å²) in [5, 5.41) is 3.38. The van der Waals surface area contributed by atoms with Gasteiger partial charge in [0.2, 0.25) is 0 Å². The Morgan fingerprint density at radius 3 is 3.17 bits per heavy atom. The van der Waals surface area contributed by atoms with Crippen molar-refractivity contribution in [2.24, 2.45) is 0 Å². The third-order valence-electron chi connectivity index (χ3n) is 3.83. The summed E-state index contributed by atoms with van der Waals surface area (Å²) in [6, 6.07) is 8.56. The molecule has 3 nitrogen and oxygen atoms in total. The molecule has 3 heteroatoms. The van der Waals surface area contributed by atoms with Crippen LogP contribution < -0.4 is 5.32 Å². The first kappa shape index (κ1) is 12.2. The van der Waals surface area contributed by atoms with Gasteiger partial charge in [0.1, 0.15) is 6.10 Å². The quantitative estimate of drug-likeness (QED) is 0.887. The molecule has 1 aromatic rings. The van der Waals surface area contributed by atoms with Crippen molar-refractivity contribution in [2.75, 3.05) is 26.3 Å². The van der Waals surface area contributed by atoms with Crippen LogP contribution in [0.25, 0.3) is 0 Å². The highest BCUT2D eigenvalue weighted by molar-refractivity contribution is 5.30. The smallest absolute Gasteiger partial charge is 0.106 e. The predicted octanol–water partition coefficient (Wildman–Crippen LogP) is 2.07. The maximum absolute atomic E-state index is 5.99. The van der Waals surface area contributed by atoms with E-state index in [1.165, 1.54) is 24.0 Å². The molecule has 1 aromatic carbocycles. The van der Waals surface area contributed by atoms with Gasteiger partial charge in [-0.2, -0.15) is 0 Å².